The molecular formula is C15H13N3O2. The van der Waals surface area contributed by atoms with E-state index in [0.717, 1.165) is 12.0 Å². The number of nitriles is 1. The number of nitro groups is 1. The third kappa shape index (κ3) is 3.33. The quantitative estimate of drug-likeness (QED) is 0.666. The lowest BCUT2D eigenvalue weighted by molar-refractivity contribution is -0.384. The van der Waals surface area contributed by atoms with Crippen molar-refractivity contribution in [1.29, 1.82) is 5.26 Å². The van der Waals surface area contributed by atoms with E-state index in [0.29, 0.717) is 17.8 Å². The van der Waals surface area contributed by atoms with Gasteiger partial charge in [-0.15, -0.1) is 0 Å². The van der Waals surface area contributed by atoms with Gasteiger partial charge in [-0.25, -0.2) is 0 Å². The number of nitrogens with zero attached hydrogens (tertiary/aromatic N) is 2. The van der Waals surface area contributed by atoms with Crippen LogP contribution in [0.25, 0.3) is 0 Å². The molecule has 0 unspecified atom stereocenters. The average molecular weight is 267 g/mol. The lowest BCUT2D eigenvalue weighted by Crippen LogP contribution is -2.07. The fourth-order valence-electron chi connectivity index (χ4n) is 1.89. The zero-order chi connectivity index (χ0) is 14.4. The summed E-state index contributed by atoms with van der Waals surface area (Å²) in [4.78, 5) is 10.5. The van der Waals surface area contributed by atoms with Gasteiger partial charge >= 0.3 is 0 Å². The predicted molar refractivity (Wildman–Crippen MR) is 76.4 cm³/mol. The van der Waals surface area contributed by atoms with Gasteiger partial charge in [-0.05, 0) is 24.1 Å². The van der Waals surface area contributed by atoms with Gasteiger partial charge in [0.05, 0.1) is 16.6 Å². The lowest BCUT2D eigenvalue weighted by Gasteiger charge is -2.07. The zero-order valence-corrected chi connectivity index (χ0v) is 10.7. The molecule has 5 heteroatoms. The van der Waals surface area contributed by atoms with E-state index in [4.69, 9.17) is 5.26 Å². The van der Waals surface area contributed by atoms with Gasteiger partial charge in [0.25, 0.3) is 5.69 Å². The largest absolute Gasteiger partial charge is 0.379 e. The minimum absolute atomic E-state index is 0.0166. The number of rotatable bonds is 5. The van der Waals surface area contributed by atoms with Crippen molar-refractivity contribution in [3.05, 3.63) is 69.8 Å². The van der Waals surface area contributed by atoms with Crippen molar-refractivity contribution >= 4 is 11.4 Å². The van der Waals surface area contributed by atoms with E-state index in [1.807, 2.05) is 36.4 Å². The van der Waals surface area contributed by atoms with Crippen molar-refractivity contribution in [2.24, 2.45) is 0 Å². The van der Waals surface area contributed by atoms with Crippen molar-refractivity contribution in [2.45, 2.75) is 6.42 Å². The highest BCUT2D eigenvalue weighted by Crippen LogP contribution is 2.25. The summed E-state index contributed by atoms with van der Waals surface area (Å²) < 4.78 is 0. The summed E-state index contributed by atoms with van der Waals surface area (Å²) in [6, 6.07) is 16.1. The van der Waals surface area contributed by atoms with E-state index in [9.17, 15) is 10.1 Å². The van der Waals surface area contributed by atoms with E-state index >= 15 is 0 Å². The summed E-state index contributed by atoms with van der Waals surface area (Å²) in [7, 11) is 0. The van der Waals surface area contributed by atoms with Gasteiger partial charge in [-0.3, -0.25) is 10.1 Å². The van der Waals surface area contributed by atoms with Crippen molar-refractivity contribution < 1.29 is 4.92 Å². The monoisotopic (exact) mass is 267 g/mol. The van der Waals surface area contributed by atoms with Crippen molar-refractivity contribution in [1.82, 2.24) is 0 Å². The van der Waals surface area contributed by atoms with Gasteiger partial charge in [-0.1, -0.05) is 30.3 Å². The number of benzene rings is 2. The van der Waals surface area contributed by atoms with Crippen LogP contribution in [0, 0.1) is 21.4 Å². The van der Waals surface area contributed by atoms with Crippen LogP contribution in [-0.4, -0.2) is 11.5 Å². The molecule has 0 atom stereocenters. The first-order chi connectivity index (χ1) is 9.70. The molecule has 1 N–H and O–H groups in total. The summed E-state index contributed by atoms with van der Waals surface area (Å²) in [5.74, 6) is 0. The number of nitro benzene ring substituents is 1. The Kier molecular flexibility index (Phi) is 4.30. The molecule has 2 aromatic rings. The molecule has 2 aromatic carbocycles. The second-order valence-electron chi connectivity index (χ2n) is 4.26. The highest BCUT2D eigenvalue weighted by Gasteiger charge is 2.13. The molecule has 0 aliphatic heterocycles. The van der Waals surface area contributed by atoms with Crippen LogP contribution in [0.1, 0.15) is 11.1 Å². The highest BCUT2D eigenvalue weighted by atomic mass is 16.6. The maximum absolute atomic E-state index is 10.9. The second kappa shape index (κ2) is 6.34. The smallest absolute Gasteiger partial charge is 0.292 e. The third-order valence-corrected chi connectivity index (χ3v) is 2.89. The Labute approximate surface area is 116 Å². The standard InChI is InChI=1S/C15H13N3O2/c16-11-13-6-7-15(18(19)20)14(10-13)17-9-8-12-4-2-1-3-5-12/h1-7,10,17H,8-9H2. The summed E-state index contributed by atoms with van der Waals surface area (Å²) in [5.41, 5.74) is 1.92. The maximum Gasteiger partial charge on any atom is 0.292 e. The lowest BCUT2D eigenvalue weighted by atomic mass is 10.1. The Morgan fingerprint density at radius 1 is 1.20 bits per heavy atom. The Balaban J connectivity index is 2.08. The molecule has 0 amide bonds. The van der Waals surface area contributed by atoms with Gasteiger partial charge in [-0.2, -0.15) is 5.26 Å². The molecule has 0 radical (unpaired) electrons. The van der Waals surface area contributed by atoms with Gasteiger partial charge in [0.2, 0.25) is 0 Å². The number of anilines is 1. The van der Waals surface area contributed by atoms with Crippen LogP contribution in [0.3, 0.4) is 0 Å². The van der Waals surface area contributed by atoms with Gasteiger partial charge in [0, 0.05) is 12.6 Å². The summed E-state index contributed by atoms with van der Waals surface area (Å²) in [6.07, 6.45) is 0.759. The van der Waals surface area contributed by atoms with Crippen LogP contribution in [0.15, 0.2) is 48.5 Å². The summed E-state index contributed by atoms with van der Waals surface area (Å²) in [6.45, 7) is 0.569. The highest BCUT2D eigenvalue weighted by molar-refractivity contribution is 5.64. The summed E-state index contributed by atoms with van der Waals surface area (Å²) in [5, 5.41) is 22.8. The number of hydrogen-bond acceptors (Lipinski definition) is 4. The van der Waals surface area contributed by atoms with Crippen LogP contribution in [0.4, 0.5) is 11.4 Å². The minimum atomic E-state index is -0.452. The molecule has 0 saturated carbocycles. The SMILES string of the molecule is N#Cc1ccc([N+](=O)[O-])c(NCCc2ccccc2)c1. The normalized spacial score (nSPS) is 9.75. The Bertz CT molecular complexity index is 648. The molecule has 0 aliphatic rings. The topological polar surface area (TPSA) is 79.0 Å². The van der Waals surface area contributed by atoms with Crippen LogP contribution in [0.2, 0.25) is 0 Å². The molecular weight excluding hydrogens is 254 g/mol. The molecule has 0 heterocycles. The molecule has 0 saturated heterocycles. The first kappa shape index (κ1) is 13.6. The molecule has 0 bridgehead atoms. The van der Waals surface area contributed by atoms with Crippen molar-refractivity contribution in [2.75, 3.05) is 11.9 Å². The Hall–Kier alpha value is -2.87. The predicted octanol–water partition coefficient (Wildman–Crippen LogP) is 3.12. The van der Waals surface area contributed by atoms with Crippen molar-refractivity contribution in [3.63, 3.8) is 0 Å². The second-order valence-corrected chi connectivity index (χ2v) is 4.26. The fourth-order valence-corrected chi connectivity index (χ4v) is 1.89. The molecule has 0 spiro atoms. The minimum Gasteiger partial charge on any atom is -0.379 e. The van der Waals surface area contributed by atoms with E-state index in [-0.39, 0.29) is 5.69 Å². The van der Waals surface area contributed by atoms with Gasteiger partial charge in [0.1, 0.15) is 5.69 Å². The molecule has 2 rings (SSSR count). The fraction of sp³-hybridized carbons (Fsp3) is 0.133. The van der Waals surface area contributed by atoms with Crippen LogP contribution >= 0.6 is 0 Å². The van der Waals surface area contributed by atoms with E-state index in [2.05, 4.69) is 5.32 Å². The van der Waals surface area contributed by atoms with Crippen LogP contribution in [0.5, 0.6) is 0 Å². The Morgan fingerprint density at radius 2 is 1.95 bits per heavy atom. The van der Waals surface area contributed by atoms with E-state index < -0.39 is 4.92 Å². The first-order valence-electron chi connectivity index (χ1n) is 6.17. The average Bonchev–Trinajstić information content (AvgIpc) is 2.48. The molecule has 100 valence electrons. The zero-order valence-electron chi connectivity index (χ0n) is 10.7. The Morgan fingerprint density at radius 3 is 2.60 bits per heavy atom. The maximum atomic E-state index is 10.9. The van der Waals surface area contributed by atoms with Crippen molar-refractivity contribution in [3.8, 4) is 6.07 Å². The van der Waals surface area contributed by atoms with Crippen LogP contribution < -0.4 is 5.32 Å². The molecule has 0 aliphatic carbocycles. The summed E-state index contributed by atoms with van der Waals surface area (Å²) >= 11 is 0. The van der Waals surface area contributed by atoms with E-state index in [1.54, 1.807) is 0 Å². The van der Waals surface area contributed by atoms with E-state index in [1.165, 1.54) is 18.2 Å². The molecule has 0 fully saturated rings. The molecule has 0 aromatic heterocycles. The molecule has 20 heavy (non-hydrogen) atoms. The van der Waals surface area contributed by atoms with Crippen LogP contribution in [-0.2, 0) is 6.42 Å². The third-order valence-electron chi connectivity index (χ3n) is 2.89. The van der Waals surface area contributed by atoms with Gasteiger partial charge < -0.3 is 5.32 Å². The number of nitrogens with one attached hydrogen (secondary N) is 1. The molecule has 5 nitrogen and oxygen atoms in total. The first-order valence-corrected chi connectivity index (χ1v) is 6.17. The van der Waals surface area contributed by atoms with Gasteiger partial charge in [0.15, 0.2) is 0 Å². The number of hydrogen-bond donors (Lipinski definition) is 1.